The lowest BCUT2D eigenvalue weighted by Gasteiger charge is -2.39. The SMILES string of the molecule is O=C([O-])/C(=C/[O-])C(c1cccc(C(F)(F)F)c1)[N+](CF)(CF)CF. The second kappa shape index (κ2) is 7.56. The van der Waals surface area contributed by atoms with Gasteiger partial charge in [0.15, 0.2) is 0 Å². The topological polar surface area (TPSA) is 63.2 Å². The van der Waals surface area contributed by atoms with Gasteiger partial charge in [-0.25, -0.2) is 4.48 Å². The minimum absolute atomic E-state index is 0.325. The fraction of sp³-hybridized carbons (Fsp3) is 0.357. The molecule has 0 aliphatic rings. The summed E-state index contributed by atoms with van der Waals surface area (Å²) in [4.78, 5) is 11.0. The molecule has 1 atom stereocenters. The Kier molecular flexibility index (Phi) is 6.24. The first-order chi connectivity index (χ1) is 11.2. The van der Waals surface area contributed by atoms with Gasteiger partial charge in [0.25, 0.3) is 0 Å². The predicted octanol–water partition coefficient (Wildman–Crippen LogP) is 1.34. The summed E-state index contributed by atoms with van der Waals surface area (Å²) >= 11 is 0. The van der Waals surface area contributed by atoms with Crippen molar-refractivity contribution in [1.29, 1.82) is 0 Å². The number of halogens is 6. The molecule has 0 radical (unpaired) electrons. The molecular formula is C14H12F6NO3-. The zero-order valence-corrected chi connectivity index (χ0v) is 12.0. The van der Waals surface area contributed by atoms with Crippen LogP contribution in [0.25, 0.3) is 0 Å². The standard InChI is InChI=1S/C14H13F6NO3/c15-6-21(7-16,8-17)12(11(5-22)13(23)24)9-2-1-3-10(4-9)14(18,19)20/h1-5,12H,6-8H2,(H-,22,23,24)/p-1/b11-5+. The summed E-state index contributed by atoms with van der Waals surface area (Å²) < 4.78 is 76.3. The third-order valence-corrected chi connectivity index (χ3v) is 3.45. The second-order valence-electron chi connectivity index (χ2n) is 4.96. The summed E-state index contributed by atoms with van der Waals surface area (Å²) in [5.41, 5.74) is -3.09. The van der Waals surface area contributed by atoms with E-state index in [0.717, 1.165) is 12.1 Å². The van der Waals surface area contributed by atoms with Crippen molar-refractivity contribution in [1.82, 2.24) is 0 Å². The van der Waals surface area contributed by atoms with Gasteiger partial charge in [0, 0.05) is 11.1 Å². The maximum absolute atomic E-state index is 13.3. The Morgan fingerprint density at radius 2 is 1.71 bits per heavy atom. The maximum Gasteiger partial charge on any atom is 0.416 e. The lowest BCUT2D eigenvalue weighted by atomic mass is 9.95. The van der Waals surface area contributed by atoms with Crippen LogP contribution in [0, 0.1) is 0 Å². The van der Waals surface area contributed by atoms with E-state index in [0.29, 0.717) is 12.1 Å². The van der Waals surface area contributed by atoms with Crippen molar-refractivity contribution >= 4 is 5.97 Å². The first kappa shape index (κ1) is 19.8. The Balaban J connectivity index is 3.63. The van der Waals surface area contributed by atoms with E-state index in [-0.39, 0.29) is 6.26 Å². The molecule has 10 heteroatoms. The average Bonchev–Trinajstić information content (AvgIpc) is 2.55. The van der Waals surface area contributed by atoms with Crippen molar-refractivity contribution in [3.8, 4) is 0 Å². The van der Waals surface area contributed by atoms with Crippen molar-refractivity contribution < 1.29 is 45.8 Å². The molecule has 0 spiro atoms. The van der Waals surface area contributed by atoms with Crippen molar-refractivity contribution in [3.63, 3.8) is 0 Å². The van der Waals surface area contributed by atoms with Gasteiger partial charge in [0.1, 0.15) is 6.04 Å². The summed E-state index contributed by atoms with van der Waals surface area (Å²) in [6.45, 7) is -5.38. The van der Waals surface area contributed by atoms with Gasteiger partial charge in [0.05, 0.1) is 11.5 Å². The number of carbonyl (C=O) groups excluding carboxylic acids is 1. The van der Waals surface area contributed by atoms with Crippen molar-refractivity contribution in [2.45, 2.75) is 12.2 Å². The van der Waals surface area contributed by atoms with Crippen LogP contribution in [0.15, 0.2) is 36.1 Å². The summed E-state index contributed by atoms with van der Waals surface area (Å²) in [5, 5.41) is 22.0. The van der Waals surface area contributed by atoms with Crippen molar-refractivity contribution in [2.24, 2.45) is 0 Å². The van der Waals surface area contributed by atoms with E-state index in [4.69, 9.17) is 0 Å². The fourth-order valence-electron chi connectivity index (χ4n) is 2.20. The highest BCUT2D eigenvalue weighted by atomic mass is 19.4. The lowest BCUT2D eigenvalue weighted by molar-refractivity contribution is -0.983. The molecule has 0 saturated heterocycles. The zero-order valence-electron chi connectivity index (χ0n) is 12.0. The number of nitrogens with zero attached hydrogens (tertiary/aromatic N) is 1. The van der Waals surface area contributed by atoms with E-state index in [1.165, 1.54) is 0 Å². The molecule has 0 N–H and O–H groups in total. The number of carboxylic acid groups (broad SMARTS) is 1. The highest BCUT2D eigenvalue weighted by Gasteiger charge is 2.42. The van der Waals surface area contributed by atoms with E-state index in [1.807, 2.05) is 0 Å². The molecule has 134 valence electrons. The van der Waals surface area contributed by atoms with E-state index in [1.54, 1.807) is 0 Å². The molecule has 4 nitrogen and oxygen atoms in total. The monoisotopic (exact) mass is 356 g/mol. The molecule has 0 amide bonds. The minimum atomic E-state index is -4.83. The van der Waals surface area contributed by atoms with Crippen LogP contribution in [0.3, 0.4) is 0 Å². The molecule has 0 aromatic heterocycles. The molecule has 1 unspecified atom stereocenters. The van der Waals surface area contributed by atoms with Crippen LogP contribution in [0.1, 0.15) is 17.2 Å². The van der Waals surface area contributed by atoms with Gasteiger partial charge in [-0.3, -0.25) is 0 Å². The quantitative estimate of drug-likeness (QED) is 0.244. The molecule has 24 heavy (non-hydrogen) atoms. The summed E-state index contributed by atoms with van der Waals surface area (Å²) in [6, 6.07) is 0.669. The lowest BCUT2D eigenvalue weighted by Crippen LogP contribution is -2.52. The van der Waals surface area contributed by atoms with Gasteiger partial charge in [-0.2, -0.15) is 26.3 Å². The van der Waals surface area contributed by atoms with E-state index in [9.17, 15) is 41.4 Å². The Bertz CT molecular complexity index is 605. The van der Waals surface area contributed by atoms with Gasteiger partial charge in [0.2, 0.25) is 20.4 Å². The smallest absolute Gasteiger partial charge is 0.416 e. The van der Waals surface area contributed by atoms with Gasteiger partial charge in [-0.05, 0) is 12.1 Å². The number of carbonyl (C=O) groups is 1. The number of hydrogen-bond donors (Lipinski definition) is 0. The number of quaternary nitrogens is 1. The highest BCUT2D eigenvalue weighted by Crippen LogP contribution is 2.38. The Morgan fingerprint density at radius 3 is 2.08 bits per heavy atom. The molecule has 1 rings (SSSR count). The largest absolute Gasteiger partial charge is 0.877 e. The van der Waals surface area contributed by atoms with Crippen LogP contribution in [-0.2, 0) is 11.0 Å². The second-order valence-corrected chi connectivity index (χ2v) is 4.96. The number of hydrogen-bond acceptors (Lipinski definition) is 3. The molecule has 0 aliphatic carbocycles. The van der Waals surface area contributed by atoms with E-state index < -0.39 is 59.8 Å². The molecule has 1 aromatic carbocycles. The van der Waals surface area contributed by atoms with Crippen molar-refractivity contribution in [3.05, 3.63) is 47.2 Å². The Labute approximate surface area is 132 Å². The molecule has 0 bridgehead atoms. The van der Waals surface area contributed by atoms with E-state index in [2.05, 4.69) is 0 Å². The Morgan fingerprint density at radius 1 is 1.17 bits per heavy atom. The summed E-state index contributed by atoms with van der Waals surface area (Å²) in [7, 11) is 0. The third kappa shape index (κ3) is 3.81. The molecule has 0 aliphatic heterocycles. The first-order valence-electron chi connectivity index (χ1n) is 6.41. The molecule has 0 saturated carbocycles. The normalized spacial score (nSPS) is 14.5. The Hall–Kier alpha value is -2.23. The predicted molar refractivity (Wildman–Crippen MR) is 65.5 cm³/mol. The fourth-order valence-corrected chi connectivity index (χ4v) is 2.20. The first-order valence-corrected chi connectivity index (χ1v) is 6.41. The number of carboxylic acids is 1. The molecule has 1 aromatic rings. The molecule has 0 heterocycles. The van der Waals surface area contributed by atoms with Crippen LogP contribution in [0.5, 0.6) is 0 Å². The van der Waals surface area contributed by atoms with Gasteiger partial charge in [-0.15, -0.1) is 6.26 Å². The van der Waals surface area contributed by atoms with Gasteiger partial charge < -0.3 is 15.0 Å². The van der Waals surface area contributed by atoms with Crippen molar-refractivity contribution in [2.75, 3.05) is 20.4 Å². The molecule has 0 fully saturated rings. The van der Waals surface area contributed by atoms with E-state index >= 15 is 0 Å². The van der Waals surface area contributed by atoms with Crippen LogP contribution >= 0.6 is 0 Å². The van der Waals surface area contributed by atoms with Crippen LogP contribution in [0.4, 0.5) is 26.3 Å². The van der Waals surface area contributed by atoms with Crippen LogP contribution in [-0.4, -0.2) is 30.8 Å². The number of benzene rings is 1. The zero-order chi connectivity index (χ0) is 18.5. The highest BCUT2D eigenvalue weighted by molar-refractivity contribution is 5.85. The van der Waals surface area contributed by atoms with Gasteiger partial charge in [-0.1, -0.05) is 12.1 Å². The molecular weight excluding hydrogens is 344 g/mol. The summed E-state index contributed by atoms with van der Waals surface area (Å²) in [6.07, 6.45) is -5.16. The number of aliphatic carboxylic acids is 1. The average molecular weight is 356 g/mol. The summed E-state index contributed by atoms with van der Waals surface area (Å²) in [5.74, 6) is -2.16. The third-order valence-electron chi connectivity index (χ3n) is 3.45. The maximum atomic E-state index is 13.3. The van der Waals surface area contributed by atoms with Gasteiger partial charge >= 0.3 is 6.18 Å². The number of alkyl halides is 6. The number of rotatable bonds is 7. The van der Waals surface area contributed by atoms with Crippen LogP contribution < -0.4 is 10.2 Å². The van der Waals surface area contributed by atoms with Crippen LogP contribution in [0.2, 0.25) is 0 Å². The minimum Gasteiger partial charge on any atom is -0.877 e.